The first-order valence-corrected chi connectivity index (χ1v) is 10.1. The fraction of sp³-hybridized carbons (Fsp3) is 0.231. The predicted octanol–water partition coefficient (Wildman–Crippen LogP) is 4.62. The number of amides is 1. The molecule has 3 aromatic rings. The number of para-hydroxylation sites is 1. The number of nitrogens with zero attached hydrogens (tertiary/aromatic N) is 1. The number of carbonyl (C=O) groups excluding carboxylic acids is 2. The molecule has 0 fully saturated rings. The Morgan fingerprint density at radius 2 is 1.63 bits per heavy atom. The van der Waals surface area contributed by atoms with Gasteiger partial charge in [0.1, 0.15) is 0 Å². The first-order valence-electron chi connectivity index (χ1n) is 10.1. The zero-order valence-electron chi connectivity index (χ0n) is 17.5. The van der Waals surface area contributed by atoms with Crippen molar-refractivity contribution in [1.29, 1.82) is 0 Å². The molecule has 0 saturated heterocycles. The largest absolute Gasteiger partial charge is 0.375 e. The van der Waals surface area contributed by atoms with Crippen molar-refractivity contribution in [3.05, 3.63) is 100 Å². The second-order valence-corrected chi connectivity index (χ2v) is 8.11. The van der Waals surface area contributed by atoms with Gasteiger partial charge in [-0.25, -0.2) is 0 Å². The molecule has 0 aromatic heterocycles. The van der Waals surface area contributed by atoms with Crippen molar-refractivity contribution in [3.8, 4) is 0 Å². The molecule has 3 aromatic carbocycles. The van der Waals surface area contributed by atoms with Crippen LogP contribution in [0.25, 0.3) is 0 Å². The summed E-state index contributed by atoms with van der Waals surface area (Å²) in [6.07, 6.45) is -0.281. The van der Waals surface area contributed by atoms with Gasteiger partial charge in [0, 0.05) is 11.1 Å². The summed E-state index contributed by atoms with van der Waals surface area (Å²) in [5, 5.41) is 11.5. The van der Waals surface area contributed by atoms with Crippen molar-refractivity contribution in [2.45, 2.75) is 39.3 Å². The van der Waals surface area contributed by atoms with Crippen molar-refractivity contribution in [1.82, 2.24) is 0 Å². The Labute approximate surface area is 176 Å². The van der Waals surface area contributed by atoms with Gasteiger partial charge in [0.15, 0.2) is 11.4 Å². The molecule has 0 aliphatic carbocycles. The summed E-state index contributed by atoms with van der Waals surface area (Å²) in [4.78, 5) is 28.1. The zero-order valence-corrected chi connectivity index (χ0v) is 17.5. The third-order valence-corrected chi connectivity index (χ3v) is 5.93. The lowest BCUT2D eigenvalue weighted by molar-refractivity contribution is -0.136. The van der Waals surface area contributed by atoms with Crippen molar-refractivity contribution >= 4 is 17.4 Å². The number of aryl methyl sites for hydroxylation is 3. The molecule has 1 atom stereocenters. The summed E-state index contributed by atoms with van der Waals surface area (Å²) >= 11 is 0. The lowest BCUT2D eigenvalue weighted by Gasteiger charge is -2.23. The molecule has 0 unspecified atom stereocenters. The van der Waals surface area contributed by atoms with Crippen LogP contribution in [0.2, 0.25) is 0 Å². The van der Waals surface area contributed by atoms with Crippen LogP contribution in [-0.4, -0.2) is 16.8 Å². The van der Waals surface area contributed by atoms with Crippen LogP contribution in [0.1, 0.15) is 44.6 Å². The molecule has 4 heteroatoms. The van der Waals surface area contributed by atoms with Gasteiger partial charge in [0.2, 0.25) is 0 Å². The Balaban J connectivity index is 1.70. The van der Waals surface area contributed by atoms with Crippen LogP contribution in [0, 0.1) is 20.8 Å². The van der Waals surface area contributed by atoms with E-state index in [2.05, 4.69) is 0 Å². The van der Waals surface area contributed by atoms with E-state index in [0.717, 1.165) is 22.3 Å². The standard InChI is InChI=1S/C26H25NO3/c1-17-12-13-21(19(3)14-17)24(28)15-26(30)22-10-6-7-11-23(22)27(25(26)29)16-20-9-5-4-8-18(20)2/h4-14,30H,15-16H2,1-3H3/t26-/m0/s1. The van der Waals surface area contributed by atoms with Gasteiger partial charge in [0.05, 0.1) is 18.7 Å². The van der Waals surface area contributed by atoms with E-state index in [4.69, 9.17) is 0 Å². The van der Waals surface area contributed by atoms with E-state index >= 15 is 0 Å². The minimum absolute atomic E-state index is 0.240. The van der Waals surface area contributed by atoms with E-state index in [-0.39, 0.29) is 12.2 Å². The van der Waals surface area contributed by atoms with E-state index in [1.54, 1.807) is 23.1 Å². The van der Waals surface area contributed by atoms with Gasteiger partial charge >= 0.3 is 0 Å². The smallest absolute Gasteiger partial charge is 0.264 e. The van der Waals surface area contributed by atoms with Gasteiger partial charge < -0.3 is 10.0 Å². The van der Waals surface area contributed by atoms with Crippen molar-refractivity contribution < 1.29 is 14.7 Å². The second kappa shape index (κ2) is 7.54. The molecule has 0 radical (unpaired) electrons. The zero-order chi connectivity index (χ0) is 21.5. The molecule has 0 bridgehead atoms. The predicted molar refractivity (Wildman–Crippen MR) is 118 cm³/mol. The maximum absolute atomic E-state index is 13.4. The number of aliphatic hydroxyl groups is 1. The Hall–Kier alpha value is -3.24. The lowest BCUT2D eigenvalue weighted by Crippen LogP contribution is -2.41. The topological polar surface area (TPSA) is 57.6 Å². The Bertz CT molecular complexity index is 1150. The summed E-state index contributed by atoms with van der Waals surface area (Å²) in [6.45, 7) is 6.19. The first kappa shape index (κ1) is 20.0. The average molecular weight is 399 g/mol. The number of carbonyl (C=O) groups is 2. The molecule has 30 heavy (non-hydrogen) atoms. The molecule has 4 rings (SSSR count). The summed E-state index contributed by atoms with van der Waals surface area (Å²) in [7, 11) is 0. The van der Waals surface area contributed by atoms with Crippen LogP contribution >= 0.6 is 0 Å². The van der Waals surface area contributed by atoms with Crippen LogP contribution in [0.5, 0.6) is 0 Å². The summed E-state index contributed by atoms with van der Waals surface area (Å²) in [5.74, 6) is -0.694. The van der Waals surface area contributed by atoms with E-state index in [1.165, 1.54) is 0 Å². The van der Waals surface area contributed by atoms with Crippen LogP contribution in [0.15, 0.2) is 66.7 Å². The maximum atomic E-state index is 13.4. The van der Waals surface area contributed by atoms with Gasteiger partial charge in [0.25, 0.3) is 5.91 Å². The van der Waals surface area contributed by atoms with Gasteiger partial charge in [-0.15, -0.1) is 0 Å². The molecule has 1 N–H and O–H groups in total. The number of ketones is 1. The van der Waals surface area contributed by atoms with Crippen LogP contribution in [-0.2, 0) is 16.9 Å². The number of fused-ring (bicyclic) bond motifs is 1. The minimum Gasteiger partial charge on any atom is -0.375 e. The normalized spacial score (nSPS) is 17.9. The highest BCUT2D eigenvalue weighted by Crippen LogP contribution is 2.43. The summed E-state index contributed by atoms with van der Waals surface area (Å²) in [5.41, 5.74) is 3.80. The Morgan fingerprint density at radius 3 is 2.37 bits per heavy atom. The Morgan fingerprint density at radius 1 is 0.933 bits per heavy atom. The molecule has 1 amide bonds. The average Bonchev–Trinajstić information content (AvgIpc) is 2.91. The van der Waals surface area contributed by atoms with E-state index in [1.807, 2.05) is 69.3 Å². The minimum atomic E-state index is -1.87. The van der Waals surface area contributed by atoms with Crippen LogP contribution in [0.3, 0.4) is 0 Å². The number of benzene rings is 3. The number of hydrogen-bond donors (Lipinski definition) is 1. The highest BCUT2D eigenvalue weighted by atomic mass is 16.3. The molecule has 1 aliphatic rings. The number of Topliss-reactive ketones (excluding diaryl/α,β-unsaturated/α-hetero) is 1. The fourth-order valence-corrected chi connectivity index (χ4v) is 4.25. The number of anilines is 1. The van der Waals surface area contributed by atoms with Crippen molar-refractivity contribution in [2.75, 3.05) is 4.90 Å². The monoisotopic (exact) mass is 399 g/mol. The Kier molecular flexibility index (Phi) is 5.04. The highest BCUT2D eigenvalue weighted by molar-refractivity contribution is 6.11. The molecular weight excluding hydrogens is 374 g/mol. The van der Waals surface area contributed by atoms with Gasteiger partial charge in [-0.1, -0.05) is 66.2 Å². The number of hydrogen-bond acceptors (Lipinski definition) is 3. The van der Waals surface area contributed by atoms with Gasteiger partial charge in [-0.2, -0.15) is 0 Å². The molecule has 4 nitrogen and oxygen atoms in total. The summed E-state index contributed by atoms with van der Waals surface area (Å²) < 4.78 is 0. The second-order valence-electron chi connectivity index (χ2n) is 8.11. The molecule has 0 spiro atoms. The molecule has 1 aliphatic heterocycles. The fourth-order valence-electron chi connectivity index (χ4n) is 4.25. The first-order chi connectivity index (χ1) is 14.3. The highest BCUT2D eigenvalue weighted by Gasteiger charge is 2.50. The number of rotatable bonds is 5. The quantitative estimate of drug-likeness (QED) is 0.637. The molecule has 0 saturated carbocycles. The van der Waals surface area contributed by atoms with Crippen LogP contribution < -0.4 is 4.90 Å². The third kappa shape index (κ3) is 3.33. The lowest BCUT2D eigenvalue weighted by atomic mass is 9.87. The van der Waals surface area contributed by atoms with Gasteiger partial charge in [-0.05, 0) is 43.5 Å². The third-order valence-electron chi connectivity index (χ3n) is 5.93. The molecule has 152 valence electrons. The van der Waals surface area contributed by atoms with Crippen LogP contribution in [0.4, 0.5) is 5.69 Å². The van der Waals surface area contributed by atoms with E-state index < -0.39 is 11.5 Å². The van der Waals surface area contributed by atoms with Crippen molar-refractivity contribution in [2.24, 2.45) is 0 Å². The summed E-state index contributed by atoms with van der Waals surface area (Å²) in [6, 6.07) is 20.6. The molecule has 1 heterocycles. The van der Waals surface area contributed by atoms with Crippen molar-refractivity contribution in [3.63, 3.8) is 0 Å². The SMILES string of the molecule is Cc1ccc(C(=O)C[C@@]2(O)C(=O)N(Cc3ccccc3C)c3ccccc32)c(C)c1. The molecular formula is C26H25NO3. The van der Waals surface area contributed by atoms with Gasteiger partial charge in [-0.3, -0.25) is 9.59 Å². The van der Waals surface area contributed by atoms with E-state index in [9.17, 15) is 14.7 Å². The maximum Gasteiger partial charge on any atom is 0.264 e. The van der Waals surface area contributed by atoms with E-state index in [0.29, 0.717) is 23.4 Å².